The average molecular weight is 458 g/mol. The molecule has 0 bridgehead atoms. The second kappa shape index (κ2) is 11.4. The SMILES string of the molecule is N#CC(/C(=C(/c1ccccc1)S(=O)[O-])c1ccccc1)(c1ccccc1)c1ccccc1.[Na+]. The molecule has 0 aromatic heterocycles. The Labute approximate surface area is 219 Å². The molecule has 0 amide bonds. The van der Waals surface area contributed by atoms with Gasteiger partial charge in [-0.15, -0.1) is 0 Å². The van der Waals surface area contributed by atoms with Crippen LogP contribution in [0.5, 0.6) is 0 Å². The first-order valence-corrected chi connectivity index (χ1v) is 11.2. The molecule has 4 aromatic rings. The summed E-state index contributed by atoms with van der Waals surface area (Å²) in [4.78, 5) is 0.103. The Balaban J connectivity index is 0.00000306. The van der Waals surface area contributed by atoms with Crippen molar-refractivity contribution in [3.05, 3.63) is 144 Å². The van der Waals surface area contributed by atoms with Crippen LogP contribution in [0.25, 0.3) is 10.5 Å². The van der Waals surface area contributed by atoms with E-state index in [4.69, 9.17) is 0 Å². The average Bonchev–Trinajstić information content (AvgIpc) is 2.86. The summed E-state index contributed by atoms with van der Waals surface area (Å²) in [6.45, 7) is 0. The normalized spacial score (nSPS) is 12.6. The fourth-order valence-electron chi connectivity index (χ4n) is 4.05. The van der Waals surface area contributed by atoms with Crippen LogP contribution >= 0.6 is 0 Å². The van der Waals surface area contributed by atoms with Gasteiger partial charge < -0.3 is 4.55 Å². The van der Waals surface area contributed by atoms with Crippen LogP contribution in [0.15, 0.2) is 121 Å². The molecule has 0 aliphatic heterocycles. The van der Waals surface area contributed by atoms with Crippen molar-refractivity contribution in [2.24, 2.45) is 0 Å². The molecule has 33 heavy (non-hydrogen) atoms. The quantitative estimate of drug-likeness (QED) is 0.254. The van der Waals surface area contributed by atoms with E-state index in [1.807, 2.05) is 97.1 Å². The van der Waals surface area contributed by atoms with Gasteiger partial charge in [-0.1, -0.05) is 121 Å². The molecule has 5 heteroatoms. The number of rotatable bonds is 6. The van der Waals surface area contributed by atoms with Gasteiger partial charge in [0, 0.05) is 10.5 Å². The molecular weight excluding hydrogens is 437 g/mol. The fourth-order valence-corrected chi connectivity index (χ4v) is 4.82. The van der Waals surface area contributed by atoms with Gasteiger partial charge in [-0.05, 0) is 33.3 Å². The van der Waals surface area contributed by atoms with Gasteiger partial charge in [-0.25, -0.2) is 0 Å². The van der Waals surface area contributed by atoms with Gasteiger partial charge in [0.05, 0.1) is 6.07 Å². The van der Waals surface area contributed by atoms with Crippen molar-refractivity contribution in [2.45, 2.75) is 5.41 Å². The first-order chi connectivity index (χ1) is 15.7. The summed E-state index contributed by atoms with van der Waals surface area (Å²) >= 11 is -2.60. The summed E-state index contributed by atoms with van der Waals surface area (Å²) < 4.78 is 25.5. The van der Waals surface area contributed by atoms with Gasteiger partial charge in [0.2, 0.25) is 0 Å². The van der Waals surface area contributed by atoms with Crippen molar-refractivity contribution in [2.75, 3.05) is 0 Å². The monoisotopic (exact) mass is 457 g/mol. The molecule has 0 fully saturated rings. The molecule has 0 N–H and O–H groups in total. The van der Waals surface area contributed by atoms with Crippen molar-refractivity contribution >= 4 is 21.6 Å². The molecule has 156 valence electrons. The van der Waals surface area contributed by atoms with E-state index in [1.165, 1.54) is 0 Å². The third kappa shape index (κ3) is 4.94. The second-order valence-corrected chi connectivity index (χ2v) is 8.14. The van der Waals surface area contributed by atoms with E-state index in [-0.39, 0.29) is 34.5 Å². The largest absolute Gasteiger partial charge is 1.00 e. The first kappa shape index (κ1) is 24.9. The van der Waals surface area contributed by atoms with Gasteiger partial charge >= 0.3 is 29.6 Å². The molecule has 0 saturated heterocycles. The van der Waals surface area contributed by atoms with Crippen LogP contribution in [-0.4, -0.2) is 8.76 Å². The zero-order chi connectivity index (χ0) is 22.4. The number of nitrogens with zero attached hydrogens (tertiary/aromatic N) is 1. The van der Waals surface area contributed by atoms with Crippen molar-refractivity contribution in [1.29, 1.82) is 5.26 Å². The maximum absolute atomic E-state index is 12.8. The summed E-state index contributed by atoms with van der Waals surface area (Å²) in [5.74, 6) is 0. The summed E-state index contributed by atoms with van der Waals surface area (Å²) in [6, 6.07) is 39.4. The number of hydrogen-bond acceptors (Lipinski definition) is 3. The maximum atomic E-state index is 12.8. The third-order valence-electron chi connectivity index (χ3n) is 5.45. The second-order valence-electron chi connectivity index (χ2n) is 7.26. The van der Waals surface area contributed by atoms with Crippen molar-refractivity contribution in [1.82, 2.24) is 0 Å². The van der Waals surface area contributed by atoms with Crippen LogP contribution in [-0.2, 0) is 16.5 Å². The third-order valence-corrected chi connectivity index (χ3v) is 6.22. The first-order valence-electron chi connectivity index (χ1n) is 10.2. The van der Waals surface area contributed by atoms with Crippen molar-refractivity contribution in [3.63, 3.8) is 0 Å². The molecule has 0 spiro atoms. The van der Waals surface area contributed by atoms with E-state index >= 15 is 0 Å². The van der Waals surface area contributed by atoms with Crippen LogP contribution in [0.3, 0.4) is 0 Å². The van der Waals surface area contributed by atoms with Gasteiger partial charge in [0.1, 0.15) is 5.41 Å². The predicted octanol–water partition coefficient (Wildman–Crippen LogP) is 2.95. The molecule has 0 aliphatic rings. The van der Waals surface area contributed by atoms with E-state index < -0.39 is 16.5 Å². The molecule has 1 unspecified atom stereocenters. The number of benzene rings is 4. The van der Waals surface area contributed by atoms with Gasteiger partial charge in [-0.3, -0.25) is 4.21 Å². The Hall–Kier alpha value is -2.78. The Morgan fingerprint density at radius 2 is 1.03 bits per heavy atom. The molecule has 0 aliphatic carbocycles. The smallest absolute Gasteiger partial charge is 0.768 e. The number of hydrogen-bond donors (Lipinski definition) is 0. The van der Waals surface area contributed by atoms with E-state index in [0.29, 0.717) is 27.8 Å². The standard InChI is InChI=1S/C28H21NO2S.Na/c29-21-28(24-17-9-3-10-18-24,25-19-11-4-12-20-25)26(22-13-5-1-6-14-22)27(32(30)31)23-15-7-2-8-16-23;/h1-20H,(H,30,31);/q;+1/p-1/b27-26-;. The van der Waals surface area contributed by atoms with Crippen molar-refractivity contribution in [3.8, 4) is 6.07 Å². The Bertz CT molecular complexity index is 1250. The van der Waals surface area contributed by atoms with E-state index in [9.17, 15) is 14.0 Å². The molecule has 3 nitrogen and oxygen atoms in total. The molecule has 4 aromatic carbocycles. The zero-order valence-corrected chi connectivity index (χ0v) is 21.0. The topological polar surface area (TPSA) is 63.9 Å². The molecular formula is C28H20NNaO2S. The summed E-state index contributed by atoms with van der Waals surface area (Å²) in [5, 5.41) is 10.8. The summed E-state index contributed by atoms with van der Waals surface area (Å²) in [5.41, 5.74) is 1.68. The van der Waals surface area contributed by atoms with Crippen molar-refractivity contribution < 1.29 is 38.3 Å². The fraction of sp³-hybridized carbons (Fsp3) is 0.0357. The minimum atomic E-state index is -2.60. The maximum Gasteiger partial charge on any atom is 1.00 e. The van der Waals surface area contributed by atoms with E-state index in [1.54, 1.807) is 24.3 Å². The Morgan fingerprint density at radius 1 is 0.667 bits per heavy atom. The summed E-state index contributed by atoms with van der Waals surface area (Å²) in [6.07, 6.45) is 0. The van der Waals surface area contributed by atoms with Crippen LogP contribution in [0, 0.1) is 11.3 Å². The van der Waals surface area contributed by atoms with E-state index in [2.05, 4.69) is 6.07 Å². The minimum absolute atomic E-state index is 0. The number of nitriles is 1. The van der Waals surface area contributed by atoms with Crippen LogP contribution in [0.2, 0.25) is 0 Å². The van der Waals surface area contributed by atoms with Gasteiger partial charge in [0.25, 0.3) is 0 Å². The van der Waals surface area contributed by atoms with Crippen LogP contribution < -0.4 is 29.6 Å². The van der Waals surface area contributed by atoms with E-state index in [0.717, 1.165) is 0 Å². The van der Waals surface area contributed by atoms with Crippen LogP contribution in [0.1, 0.15) is 22.3 Å². The minimum Gasteiger partial charge on any atom is -0.768 e. The van der Waals surface area contributed by atoms with Gasteiger partial charge in [-0.2, -0.15) is 5.26 Å². The molecule has 0 saturated carbocycles. The summed E-state index contributed by atoms with van der Waals surface area (Å²) in [7, 11) is 0. The Morgan fingerprint density at radius 3 is 1.39 bits per heavy atom. The molecule has 0 radical (unpaired) electrons. The predicted molar refractivity (Wildman–Crippen MR) is 128 cm³/mol. The van der Waals surface area contributed by atoms with Gasteiger partial charge in [0.15, 0.2) is 0 Å². The number of allylic oxidation sites excluding steroid dienone is 1. The molecule has 4 rings (SSSR count). The molecule has 1 atom stereocenters. The Kier molecular flexibility index (Phi) is 8.57. The van der Waals surface area contributed by atoms with Crippen LogP contribution in [0.4, 0.5) is 0 Å². The zero-order valence-electron chi connectivity index (χ0n) is 18.2. The molecule has 0 heterocycles.